The second kappa shape index (κ2) is 6.93. The smallest absolute Gasteiger partial charge is 0.264 e. The van der Waals surface area contributed by atoms with E-state index in [-0.39, 0.29) is 18.4 Å². The summed E-state index contributed by atoms with van der Waals surface area (Å²) in [5.41, 5.74) is 0.723. The van der Waals surface area contributed by atoms with Crippen LogP contribution in [-0.2, 0) is 4.79 Å². The molecule has 0 aromatic carbocycles. The van der Waals surface area contributed by atoms with Crippen LogP contribution >= 0.6 is 11.3 Å². The molecule has 0 aliphatic carbocycles. The summed E-state index contributed by atoms with van der Waals surface area (Å²) in [6.45, 7) is 4.69. The molecule has 0 radical (unpaired) electrons. The summed E-state index contributed by atoms with van der Waals surface area (Å²) in [6, 6.07) is 5.39. The molecule has 2 aromatic heterocycles. The number of nitrogens with zero attached hydrogens (tertiary/aromatic N) is 3. The Bertz CT molecular complexity index is 675. The monoisotopic (exact) mass is 334 g/mol. The number of aryl methyl sites for hydroxylation is 1. The van der Waals surface area contributed by atoms with Crippen molar-refractivity contribution in [3.05, 3.63) is 34.2 Å². The van der Waals surface area contributed by atoms with Crippen molar-refractivity contribution >= 4 is 29.0 Å². The molecule has 122 valence electrons. The molecule has 0 saturated carbocycles. The van der Waals surface area contributed by atoms with Gasteiger partial charge in [0.25, 0.3) is 5.91 Å². The minimum Gasteiger partial charge on any atom is -0.338 e. The third-order valence-electron chi connectivity index (χ3n) is 3.65. The summed E-state index contributed by atoms with van der Waals surface area (Å²) < 4.78 is 4.96. The van der Waals surface area contributed by atoms with Crippen LogP contribution in [0.1, 0.15) is 15.4 Å². The lowest BCUT2D eigenvalue weighted by molar-refractivity contribution is -0.117. The Hall–Kier alpha value is -2.19. The molecule has 1 saturated heterocycles. The number of piperazine rings is 1. The number of hydrogen-bond acceptors (Lipinski definition) is 6. The number of carbonyl (C=O) groups excluding carboxylic acids is 2. The first kappa shape index (κ1) is 15.7. The Morgan fingerprint density at radius 1 is 1.35 bits per heavy atom. The van der Waals surface area contributed by atoms with Crippen LogP contribution in [0.15, 0.2) is 28.1 Å². The lowest BCUT2D eigenvalue weighted by atomic mass is 10.3. The average molecular weight is 334 g/mol. The SMILES string of the molecule is Cc1cc(NC(=O)CN2CCN(C(=O)c3cccs3)CC2)on1. The van der Waals surface area contributed by atoms with E-state index in [9.17, 15) is 9.59 Å². The van der Waals surface area contributed by atoms with E-state index in [0.717, 1.165) is 10.6 Å². The highest BCUT2D eigenvalue weighted by atomic mass is 32.1. The number of carbonyl (C=O) groups is 2. The second-order valence-electron chi connectivity index (χ2n) is 5.43. The van der Waals surface area contributed by atoms with Crippen LogP contribution in [0.5, 0.6) is 0 Å². The Kier molecular flexibility index (Phi) is 4.73. The van der Waals surface area contributed by atoms with Gasteiger partial charge in [-0.2, -0.15) is 0 Å². The highest BCUT2D eigenvalue weighted by Crippen LogP contribution is 2.14. The fourth-order valence-corrected chi connectivity index (χ4v) is 3.16. The predicted molar refractivity (Wildman–Crippen MR) is 86.5 cm³/mol. The summed E-state index contributed by atoms with van der Waals surface area (Å²) in [5, 5.41) is 8.30. The van der Waals surface area contributed by atoms with Crippen molar-refractivity contribution in [1.82, 2.24) is 15.0 Å². The summed E-state index contributed by atoms with van der Waals surface area (Å²) in [4.78, 5) is 28.8. The van der Waals surface area contributed by atoms with Crippen LogP contribution in [0.3, 0.4) is 0 Å². The van der Waals surface area contributed by atoms with Crippen molar-refractivity contribution in [1.29, 1.82) is 0 Å². The molecule has 2 amide bonds. The standard InChI is InChI=1S/C15H18N4O3S/c1-11-9-14(22-17-11)16-13(20)10-18-4-6-19(7-5-18)15(21)12-3-2-8-23-12/h2-3,8-9H,4-7,10H2,1H3,(H,16,20). The molecule has 1 aliphatic rings. The Balaban J connectivity index is 1.45. The summed E-state index contributed by atoms with van der Waals surface area (Å²) >= 11 is 1.45. The maximum atomic E-state index is 12.3. The lowest BCUT2D eigenvalue weighted by Gasteiger charge is -2.34. The van der Waals surface area contributed by atoms with E-state index in [2.05, 4.69) is 10.5 Å². The zero-order chi connectivity index (χ0) is 16.2. The van der Waals surface area contributed by atoms with Gasteiger partial charge < -0.3 is 9.42 Å². The molecule has 8 heteroatoms. The highest BCUT2D eigenvalue weighted by molar-refractivity contribution is 7.12. The minimum atomic E-state index is -0.140. The predicted octanol–water partition coefficient (Wildman–Crippen LogP) is 1.44. The molecule has 1 N–H and O–H groups in total. The molecule has 0 atom stereocenters. The molecule has 0 bridgehead atoms. The number of hydrogen-bond donors (Lipinski definition) is 1. The highest BCUT2D eigenvalue weighted by Gasteiger charge is 2.23. The van der Waals surface area contributed by atoms with Gasteiger partial charge in [0, 0.05) is 32.2 Å². The number of rotatable bonds is 4. The Morgan fingerprint density at radius 2 is 2.13 bits per heavy atom. The van der Waals surface area contributed by atoms with E-state index in [1.54, 1.807) is 13.0 Å². The minimum absolute atomic E-state index is 0.0706. The quantitative estimate of drug-likeness (QED) is 0.915. The van der Waals surface area contributed by atoms with Crippen LogP contribution in [0, 0.1) is 6.92 Å². The van der Waals surface area contributed by atoms with Crippen molar-refractivity contribution in [3.63, 3.8) is 0 Å². The Labute approximate surface area is 137 Å². The van der Waals surface area contributed by atoms with Crippen LogP contribution in [-0.4, -0.2) is 59.5 Å². The molecule has 1 aliphatic heterocycles. The first-order chi connectivity index (χ1) is 11.1. The number of amides is 2. The molecule has 0 spiro atoms. The number of aromatic nitrogens is 1. The Morgan fingerprint density at radius 3 is 2.74 bits per heavy atom. The molecule has 7 nitrogen and oxygen atoms in total. The average Bonchev–Trinajstić information content (AvgIpc) is 3.19. The third-order valence-corrected chi connectivity index (χ3v) is 4.51. The van der Waals surface area contributed by atoms with Gasteiger partial charge in [0.2, 0.25) is 11.8 Å². The van der Waals surface area contributed by atoms with Gasteiger partial charge in [-0.3, -0.25) is 19.8 Å². The maximum absolute atomic E-state index is 12.3. The van der Waals surface area contributed by atoms with E-state index in [0.29, 0.717) is 32.1 Å². The number of thiophene rings is 1. The van der Waals surface area contributed by atoms with E-state index >= 15 is 0 Å². The van der Waals surface area contributed by atoms with Gasteiger partial charge in [-0.25, -0.2) is 0 Å². The second-order valence-corrected chi connectivity index (χ2v) is 6.37. The maximum Gasteiger partial charge on any atom is 0.264 e. The van der Waals surface area contributed by atoms with Crippen LogP contribution in [0.2, 0.25) is 0 Å². The fourth-order valence-electron chi connectivity index (χ4n) is 2.47. The summed E-state index contributed by atoms with van der Waals surface area (Å²) in [7, 11) is 0. The van der Waals surface area contributed by atoms with Gasteiger partial charge >= 0.3 is 0 Å². The van der Waals surface area contributed by atoms with Crippen molar-refractivity contribution in [2.45, 2.75) is 6.92 Å². The van der Waals surface area contributed by atoms with Gasteiger partial charge in [0.05, 0.1) is 17.1 Å². The third kappa shape index (κ3) is 3.96. The molecular formula is C15H18N4O3S. The topological polar surface area (TPSA) is 78.7 Å². The number of anilines is 1. The van der Waals surface area contributed by atoms with Crippen LogP contribution in [0.25, 0.3) is 0 Å². The van der Waals surface area contributed by atoms with Crippen molar-refractivity contribution in [2.75, 3.05) is 38.0 Å². The van der Waals surface area contributed by atoms with Crippen molar-refractivity contribution in [3.8, 4) is 0 Å². The molecule has 0 unspecified atom stereocenters. The molecule has 23 heavy (non-hydrogen) atoms. The summed E-state index contributed by atoms with van der Waals surface area (Å²) in [6.07, 6.45) is 0. The van der Waals surface area contributed by atoms with E-state index in [4.69, 9.17) is 4.52 Å². The fraction of sp³-hybridized carbons (Fsp3) is 0.400. The molecule has 1 fully saturated rings. The first-order valence-electron chi connectivity index (χ1n) is 7.40. The first-order valence-corrected chi connectivity index (χ1v) is 8.28. The molecule has 3 rings (SSSR count). The molecule has 2 aromatic rings. The van der Waals surface area contributed by atoms with Gasteiger partial charge in [0.15, 0.2) is 0 Å². The van der Waals surface area contributed by atoms with Crippen LogP contribution in [0.4, 0.5) is 5.88 Å². The van der Waals surface area contributed by atoms with Crippen LogP contribution < -0.4 is 5.32 Å². The lowest BCUT2D eigenvalue weighted by Crippen LogP contribution is -2.50. The normalized spacial score (nSPS) is 15.6. The van der Waals surface area contributed by atoms with Gasteiger partial charge in [-0.05, 0) is 18.4 Å². The summed E-state index contributed by atoms with van der Waals surface area (Å²) in [5.74, 6) is 0.291. The zero-order valence-electron chi connectivity index (χ0n) is 12.8. The van der Waals surface area contributed by atoms with Gasteiger partial charge in [-0.1, -0.05) is 11.2 Å². The van der Waals surface area contributed by atoms with Gasteiger partial charge in [0.1, 0.15) is 0 Å². The molecule has 3 heterocycles. The molecular weight excluding hydrogens is 316 g/mol. The van der Waals surface area contributed by atoms with Crippen molar-refractivity contribution < 1.29 is 14.1 Å². The largest absolute Gasteiger partial charge is 0.338 e. The van der Waals surface area contributed by atoms with E-state index < -0.39 is 0 Å². The van der Waals surface area contributed by atoms with Gasteiger partial charge in [-0.15, -0.1) is 11.3 Å². The number of nitrogens with one attached hydrogen (secondary N) is 1. The van der Waals surface area contributed by atoms with E-state index in [1.807, 2.05) is 27.3 Å². The zero-order valence-corrected chi connectivity index (χ0v) is 13.6. The van der Waals surface area contributed by atoms with Crippen molar-refractivity contribution in [2.24, 2.45) is 0 Å². The van der Waals surface area contributed by atoms with E-state index in [1.165, 1.54) is 11.3 Å².